The Balaban J connectivity index is 3.14. The van der Waals surface area contributed by atoms with E-state index in [-0.39, 0.29) is 5.91 Å². The average molecular weight is 233 g/mol. The van der Waals surface area contributed by atoms with Crippen LogP contribution in [0, 0.1) is 0 Å². The summed E-state index contributed by atoms with van der Waals surface area (Å²) < 4.78 is 0. The van der Waals surface area contributed by atoms with Crippen LogP contribution in [-0.2, 0) is 4.79 Å². The number of amides is 1. The maximum atomic E-state index is 11.3. The molecule has 86 valence electrons. The molecule has 16 heavy (non-hydrogen) atoms. The van der Waals surface area contributed by atoms with Gasteiger partial charge >= 0.3 is 0 Å². The third kappa shape index (κ3) is 2.61. The summed E-state index contributed by atoms with van der Waals surface area (Å²) in [5, 5.41) is 1.30. The molecule has 0 fully saturated rings. The Hall–Kier alpha value is -1.35. The number of hydrogen-bond acceptors (Lipinski definition) is 1. The van der Waals surface area contributed by atoms with Crippen LogP contribution in [0.1, 0.15) is 6.92 Å². The van der Waals surface area contributed by atoms with Crippen molar-refractivity contribution in [3.05, 3.63) is 36.5 Å². The lowest BCUT2D eigenvalue weighted by Gasteiger charge is -2.21. The first kappa shape index (κ1) is 12.7. The summed E-state index contributed by atoms with van der Waals surface area (Å²) in [6.07, 6.45) is 0. The molecule has 3 heteroatoms. The largest absolute Gasteiger partial charge is 0.316 e. The highest BCUT2D eigenvalue weighted by Gasteiger charge is 2.19. The summed E-state index contributed by atoms with van der Waals surface area (Å²) in [7, 11) is 0.256. The summed E-state index contributed by atoms with van der Waals surface area (Å²) in [5.41, 5.74) is 3.01. The molecule has 0 N–H and O–H groups in total. The summed E-state index contributed by atoms with van der Waals surface area (Å²) in [6, 6.07) is 8.17. The summed E-state index contributed by atoms with van der Waals surface area (Å²) in [4.78, 5) is 13.0. The van der Waals surface area contributed by atoms with Crippen LogP contribution in [0.4, 0.5) is 5.69 Å². The van der Waals surface area contributed by atoms with E-state index in [1.54, 1.807) is 18.9 Å². The Labute approximate surface area is 98.6 Å². The molecule has 1 amide bonds. The SMILES string of the molecule is C=C[Si](C)(C)c1cccc(N(C)C(C)=O)c1. The minimum absolute atomic E-state index is 0.0511. The smallest absolute Gasteiger partial charge is 0.223 e. The number of anilines is 1. The van der Waals surface area contributed by atoms with Gasteiger partial charge in [-0.05, 0) is 12.1 Å². The zero-order valence-corrected chi connectivity index (χ0v) is 11.4. The van der Waals surface area contributed by atoms with Gasteiger partial charge in [-0.25, -0.2) is 0 Å². The molecule has 0 spiro atoms. The minimum Gasteiger partial charge on any atom is -0.316 e. The number of carbonyl (C=O) groups is 1. The molecule has 1 aromatic carbocycles. The molecule has 0 bridgehead atoms. The lowest BCUT2D eigenvalue weighted by atomic mass is 10.3. The molecule has 0 atom stereocenters. The van der Waals surface area contributed by atoms with Crippen molar-refractivity contribution in [1.29, 1.82) is 0 Å². The molecule has 0 aliphatic rings. The van der Waals surface area contributed by atoms with E-state index < -0.39 is 8.07 Å². The first-order valence-corrected chi connectivity index (χ1v) is 8.44. The van der Waals surface area contributed by atoms with Crippen molar-refractivity contribution in [2.45, 2.75) is 20.0 Å². The average Bonchev–Trinajstić information content (AvgIpc) is 2.28. The summed E-state index contributed by atoms with van der Waals surface area (Å²) in [6.45, 7) is 9.96. The van der Waals surface area contributed by atoms with Crippen LogP contribution in [0.5, 0.6) is 0 Å². The standard InChI is InChI=1S/C13H19NOSi/c1-6-16(4,5)13-9-7-8-12(10-13)14(3)11(2)15/h6-10H,1H2,2-5H3. The van der Waals surface area contributed by atoms with Crippen LogP contribution in [0.25, 0.3) is 0 Å². The van der Waals surface area contributed by atoms with Gasteiger partial charge in [0.1, 0.15) is 8.07 Å². The van der Waals surface area contributed by atoms with Crippen molar-refractivity contribution in [1.82, 2.24) is 0 Å². The van der Waals surface area contributed by atoms with Gasteiger partial charge in [0.25, 0.3) is 0 Å². The molecule has 0 saturated carbocycles. The van der Waals surface area contributed by atoms with Crippen LogP contribution in [-0.4, -0.2) is 21.0 Å². The van der Waals surface area contributed by atoms with E-state index in [1.165, 1.54) is 5.19 Å². The highest BCUT2D eigenvalue weighted by Crippen LogP contribution is 2.13. The lowest BCUT2D eigenvalue weighted by molar-refractivity contribution is -0.116. The van der Waals surface area contributed by atoms with Crippen molar-refractivity contribution < 1.29 is 4.79 Å². The molecule has 0 aromatic heterocycles. The van der Waals surface area contributed by atoms with Gasteiger partial charge in [0.05, 0.1) is 0 Å². The first-order chi connectivity index (χ1) is 7.38. The van der Waals surface area contributed by atoms with E-state index in [0.29, 0.717) is 0 Å². The number of hydrogen-bond donors (Lipinski definition) is 0. The molecule has 0 heterocycles. The molecule has 0 saturated heterocycles. The number of benzene rings is 1. The molecule has 2 nitrogen and oxygen atoms in total. The topological polar surface area (TPSA) is 20.3 Å². The Morgan fingerprint density at radius 3 is 2.56 bits per heavy atom. The van der Waals surface area contributed by atoms with Crippen molar-refractivity contribution in [3.8, 4) is 0 Å². The van der Waals surface area contributed by atoms with Gasteiger partial charge in [0, 0.05) is 19.7 Å². The Morgan fingerprint density at radius 2 is 2.06 bits per heavy atom. The van der Waals surface area contributed by atoms with Crippen LogP contribution < -0.4 is 10.1 Å². The zero-order valence-electron chi connectivity index (χ0n) is 10.4. The van der Waals surface area contributed by atoms with Crippen molar-refractivity contribution >= 4 is 24.9 Å². The van der Waals surface area contributed by atoms with Gasteiger partial charge in [0.2, 0.25) is 5.91 Å². The van der Waals surface area contributed by atoms with Crippen LogP contribution in [0.2, 0.25) is 13.1 Å². The third-order valence-electron chi connectivity index (χ3n) is 2.96. The van der Waals surface area contributed by atoms with E-state index in [0.717, 1.165) is 5.69 Å². The maximum Gasteiger partial charge on any atom is 0.223 e. The molecule has 1 aromatic rings. The number of rotatable bonds is 3. The summed E-state index contributed by atoms with van der Waals surface area (Å²) in [5.74, 6) is 0.0511. The molecular weight excluding hydrogens is 214 g/mol. The Kier molecular flexibility index (Phi) is 3.70. The second kappa shape index (κ2) is 4.66. The van der Waals surface area contributed by atoms with Gasteiger partial charge < -0.3 is 4.90 Å². The second-order valence-electron chi connectivity index (χ2n) is 4.55. The summed E-state index contributed by atoms with van der Waals surface area (Å²) >= 11 is 0. The van der Waals surface area contributed by atoms with E-state index in [2.05, 4.69) is 37.5 Å². The third-order valence-corrected chi connectivity index (χ3v) is 5.78. The minimum atomic E-state index is -1.54. The maximum absolute atomic E-state index is 11.3. The zero-order chi connectivity index (χ0) is 12.3. The van der Waals surface area contributed by atoms with Gasteiger partial charge in [-0.3, -0.25) is 4.79 Å². The van der Waals surface area contributed by atoms with Crippen molar-refractivity contribution in [3.63, 3.8) is 0 Å². The predicted octanol–water partition coefficient (Wildman–Crippen LogP) is 2.31. The van der Waals surface area contributed by atoms with Gasteiger partial charge in [-0.1, -0.05) is 36.1 Å². The fraction of sp³-hybridized carbons (Fsp3) is 0.308. The fourth-order valence-electron chi connectivity index (χ4n) is 1.41. The van der Waals surface area contributed by atoms with E-state index in [1.807, 2.05) is 12.1 Å². The Bertz CT molecular complexity index is 412. The van der Waals surface area contributed by atoms with E-state index >= 15 is 0 Å². The van der Waals surface area contributed by atoms with Crippen molar-refractivity contribution in [2.75, 3.05) is 11.9 Å². The number of nitrogens with zero attached hydrogens (tertiary/aromatic N) is 1. The number of carbonyl (C=O) groups excluding carboxylic acids is 1. The molecule has 0 radical (unpaired) electrons. The van der Waals surface area contributed by atoms with Crippen LogP contribution in [0.15, 0.2) is 36.5 Å². The van der Waals surface area contributed by atoms with Gasteiger partial charge in [-0.15, -0.1) is 6.58 Å². The highest BCUT2D eigenvalue weighted by atomic mass is 28.3. The molecule has 0 aliphatic heterocycles. The van der Waals surface area contributed by atoms with Crippen molar-refractivity contribution in [2.24, 2.45) is 0 Å². The van der Waals surface area contributed by atoms with Gasteiger partial charge in [0.15, 0.2) is 0 Å². The first-order valence-electron chi connectivity index (χ1n) is 5.37. The Morgan fingerprint density at radius 1 is 1.44 bits per heavy atom. The monoisotopic (exact) mass is 233 g/mol. The molecule has 0 aliphatic carbocycles. The molecular formula is C13H19NOSi. The fourth-order valence-corrected chi connectivity index (χ4v) is 2.70. The van der Waals surface area contributed by atoms with Gasteiger partial charge in [-0.2, -0.15) is 0 Å². The molecule has 1 rings (SSSR count). The highest BCUT2D eigenvalue weighted by molar-refractivity contribution is 6.93. The quantitative estimate of drug-likeness (QED) is 0.734. The van der Waals surface area contributed by atoms with E-state index in [4.69, 9.17) is 0 Å². The van der Waals surface area contributed by atoms with Crippen LogP contribution >= 0.6 is 0 Å². The predicted molar refractivity (Wildman–Crippen MR) is 72.8 cm³/mol. The normalized spacial score (nSPS) is 11.0. The van der Waals surface area contributed by atoms with Crippen LogP contribution in [0.3, 0.4) is 0 Å². The van der Waals surface area contributed by atoms with E-state index in [9.17, 15) is 4.79 Å². The second-order valence-corrected chi connectivity index (χ2v) is 8.98. The lowest BCUT2D eigenvalue weighted by Crippen LogP contribution is -2.39. The molecule has 0 unspecified atom stereocenters.